The number of nitrogens with zero attached hydrogens (tertiary/aromatic N) is 2. The van der Waals surface area contributed by atoms with Crippen molar-refractivity contribution >= 4 is 47.6 Å². The Morgan fingerprint density at radius 1 is 1.07 bits per heavy atom. The average Bonchev–Trinajstić information content (AvgIpc) is 2.70. The molecule has 0 aromatic heterocycles. The molecule has 29 heavy (non-hydrogen) atoms. The summed E-state index contributed by atoms with van der Waals surface area (Å²) in [5.74, 6) is 0.811. The fourth-order valence-corrected chi connectivity index (χ4v) is 3.48. The molecule has 0 fully saturated rings. The Labute approximate surface area is 195 Å². The van der Waals surface area contributed by atoms with Crippen LogP contribution in [0.3, 0.4) is 0 Å². The summed E-state index contributed by atoms with van der Waals surface area (Å²) >= 11 is 1.84. The molecule has 7 heteroatoms. The summed E-state index contributed by atoms with van der Waals surface area (Å²) in [4.78, 5) is 19.5. The van der Waals surface area contributed by atoms with E-state index in [0.29, 0.717) is 17.4 Å². The Bertz CT molecular complexity index is 766. The number of thioether (sulfide) groups is 1. The first-order valence-corrected chi connectivity index (χ1v) is 10.4. The van der Waals surface area contributed by atoms with Gasteiger partial charge < -0.3 is 15.5 Å². The smallest absolute Gasteiger partial charge is 0.253 e. The molecule has 0 saturated carbocycles. The molecular formula is C22H31IN4OS. The summed E-state index contributed by atoms with van der Waals surface area (Å²) in [5, 5.41) is 7.12. The molecule has 0 spiro atoms. The van der Waals surface area contributed by atoms with Gasteiger partial charge in [0.15, 0.2) is 5.96 Å². The predicted molar refractivity (Wildman–Crippen MR) is 134 cm³/mol. The van der Waals surface area contributed by atoms with Crippen LogP contribution < -0.4 is 10.6 Å². The van der Waals surface area contributed by atoms with Crippen molar-refractivity contribution in [3.8, 4) is 0 Å². The van der Waals surface area contributed by atoms with E-state index in [0.717, 1.165) is 24.6 Å². The van der Waals surface area contributed by atoms with Gasteiger partial charge in [0.05, 0.1) is 6.54 Å². The zero-order chi connectivity index (χ0) is 20.4. The summed E-state index contributed by atoms with van der Waals surface area (Å²) in [6, 6.07) is 18.0. The lowest BCUT2D eigenvalue weighted by Gasteiger charge is -2.16. The Morgan fingerprint density at radius 3 is 2.31 bits per heavy atom. The summed E-state index contributed by atoms with van der Waals surface area (Å²) in [6.07, 6.45) is 0. The van der Waals surface area contributed by atoms with Gasteiger partial charge in [0, 0.05) is 42.9 Å². The van der Waals surface area contributed by atoms with Crippen molar-refractivity contribution in [2.75, 3.05) is 27.2 Å². The van der Waals surface area contributed by atoms with Gasteiger partial charge in [-0.05, 0) is 36.8 Å². The number of benzene rings is 2. The molecule has 1 amide bonds. The third-order valence-corrected chi connectivity index (χ3v) is 5.12. The van der Waals surface area contributed by atoms with E-state index in [-0.39, 0.29) is 29.9 Å². The summed E-state index contributed by atoms with van der Waals surface area (Å²) in [5.41, 5.74) is 1.76. The second-order valence-electron chi connectivity index (χ2n) is 6.71. The molecule has 1 atom stereocenters. The van der Waals surface area contributed by atoms with Crippen LogP contribution >= 0.6 is 35.7 Å². The highest BCUT2D eigenvalue weighted by Gasteiger charge is 2.08. The standard InChI is InChI=1S/C22H30N4OS.HI/c1-5-23-22(24-15-17(2)28-20-9-7-6-8-10-20)25-16-18-11-13-19(14-12-18)21(27)26(3)4;/h6-14,17H,5,15-16H2,1-4H3,(H2,23,24,25);1H. The van der Waals surface area contributed by atoms with Crippen LogP contribution in [0.1, 0.15) is 29.8 Å². The van der Waals surface area contributed by atoms with E-state index in [1.54, 1.807) is 19.0 Å². The molecule has 2 N–H and O–H groups in total. The van der Waals surface area contributed by atoms with Crippen molar-refractivity contribution in [3.05, 3.63) is 65.7 Å². The van der Waals surface area contributed by atoms with Crippen LogP contribution in [0.2, 0.25) is 0 Å². The highest BCUT2D eigenvalue weighted by Crippen LogP contribution is 2.21. The van der Waals surface area contributed by atoms with E-state index in [1.807, 2.05) is 42.1 Å². The molecule has 0 radical (unpaired) electrons. The van der Waals surface area contributed by atoms with Crippen molar-refractivity contribution in [2.45, 2.75) is 30.5 Å². The summed E-state index contributed by atoms with van der Waals surface area (Å²) < 4.78 is 0. The second kappa shape index (κ2) is 13.5. The first-order chi connectivity index (χ1) is 13.5. The molecule has 0 aliphatic carbocycles. The van der Waals surface area contributed by atoms with Crippen molar-refractivity contribution in [3.63, 3.8) is 0 Å². The van der Waals surface area contributed by atoms with Gasteiger partial charge >= 0.3 is 0 Å². The first-order valence-electron chi connectivity index (χ1n) is 9.54. The van der Waals surface area contributed by atoms with Crippen LogP contribution in [0.4, 0.5) is 0 Å². The molecule has 1 unspecified atom stereocenters. The first kappa shape index (κ1) is 25.3. The number of carbonyl (C=O) groups excluding carboxylic acids is 1. The van der Waals surface area contributed by atoms with Gasteiger partial charge in [-0.2, -0.15) is 0 Å². The molecule has 2 aromatic carbocycles. The van der Waals surface area contributed by atoms with Gasteiger partial charge in [0.25, 0.3) is 5.91 Å². The minimum absolute atomic E-state index is 0. The van der Waals surface area contributed by atoms with Gasteiger partial charge in [-0.1, -0.05) is 37.3 Å². The molecule has 0 aliphatic rings. The SMILES string of the molecule is CCNC(=NCc1ccc(C(=O)N(C)C)cc1)NCC(C)Sc1ccccc1.I. The number of amides is 1. The number of aliphatic imine (C=N–C) groups is 1. The van der Waals surface area contributed by atoms with Gasteiger partial charge in [-0.15, -0.1) is 35.7 Å². The average molecular weight is 526 g/mol. The summed E-state index contributed by atoms with van der Waals surface area (Å²) in [7, 11) is 3.51. The number of rotatable bonds is 8. The van der Waals surface area contributed by atoms with Crippen molar-refractivity contribution in [2.24, 2.45) is 4.99 Å². The van der Waals surface area contributed by atoms with E-state index in [1.165, 1.54) is 4.90 Å². The normalized spacial score (nSPS) is 11.9. The number of hydrogen-bond acceptors (Lipinski definition) is 3. The maximum absolute atomic E-state index is 12.0. The fourth-order valence-electron chi connectivity index (χ4n) is 2.54. The topological polar surface area (TPSA) is 56.7 Å². The molecule has 0 saturated heterocycles. The minimum Gasteiger partial charge on any atom is -0.357 e. The molecule has 0 bridgehead atoms. The Morgan fingerprint density at radius 2 is 1.72 bits per heavy atom. The number of nitrogens with one attached hydrogen (secondary N) is 2. The Balaban J connectivity index is 0.00000420. The number of guanidine groups is 1. The quantitative estimate of drug-likeness (QED) is 0.234. The van der Waals surface area contributed by atoms with Gasteiger partial charge in [0.2, 0.25) is 0 Å². The van der Waals surface area contributed by atoms with Crippen LogP contribution in [0.15, 0.2) is 64.5 Å². The molecule has 0 aliphatic heterocycles. The molecule has 158 valence electrons. The largest absolute Gasteiger partial charge is 0.357 e. The van der Waals surface area contributed by atoms with Gasteiger partial charge in [-0.25, -0.2) is 4.99 Å². The third kappa shape index (κ3) is 9.08. The maximum atomic E-state index is 12.0. The number of hydrogen-bond donors (Lipinski definition) is 2. The molecular weight excluding hydrogens is 495 g/mol. The Hall–Kier alpha value is -1.74. The molecule has 2 aromatic rings. The fraction of sp³-hybridized carbons (Fsp3) is 0.364. The van der Waals surface area contributed by atoms with Crippen LogP contribution in [-0.4, -0.2) is 49.2 Å². The van der Waals surface area contributed by atoms with E-state index in [4.69, 9.17) is 0 Å². The highest BCUT2D eigenvalue weighted by atomic mass is 127. The van der Waals surface area contributed by atoms with Crippen molar-refractivity contribution in [1.29, 1.82) is 0 Å². The van der Waals surface area contributed by atoms with E-state index in [2.05, 4.69) is 53.7 Å². The molecule has 2 rings (SSSR count). The molecule has 5 nitrogen and oxygen atoms in total. The van der Waals surface area contributed by atoms with Crippen molar-refractivity contribution < 1.29 is 4.79 Å². The van der Waals surface area contributed by atoms with Gasteiger partial charge in [-0.3, -0.25) is 4.79 Å². The molecule has 0 heterocycles. The second-order valence-corrected chi connectivity index (χ2v) is 8.23. The third-order valence-electron chi connectivity index (χ3n) is 4.01. The zero-order valence-corrected chi connectivity index (χ0v) is 20.7. The number of halogens is 1. The van der Waals surface area contributed by atoms with Gasteiger partial charge in [0.1, 0.15) is 0 Å². The van der Waals surface area contributed by atoms with Crippen molar-refractivity contribution in [1.82, 2.24) is 15.5 Å². The van der Waals surface area contributed by atoms with E-state index >= 15 is 0 Å². The monoisotopic (exact) mass is 526 g/mol. The van der Waals surface area contributed by atoms with Crippen LogP contribution in [0, 0.1) is 0 Å². The Kier molecular flexibility index (Phi) is 11.8. The lowest BCUT2D eigenvalue weighted by molar-refractivity contribution is 0.0827. The zero-order valence-electron chi connectivity index (χ0n) is 17.5. The van der Waals surface area contributed by atoms with E-state index < -0.39 is 0 Å². The lowest BCUT2D eigenvalue weighted by atomic mass is 10.1. The van der Waals surface area contributed by atoms with Crippen LogP contribution in [0.5, 0.6) is 0 Å². The number of carbonyl (C=O) groups is 1. The predicted octanol–water partition coefficient (Wildman–Crippen LogP) is 4.24. The highest BCUT2D eigenvalue weighted by molar-refractivity contribution is 14.0. The lowest BCUT2D eigenvalue weighted by Crippen LogP contribution is -2.40. The summed E-state index contributed by atoms with van der Waals surface area (Å²) in [6.45, 7) is 6.45. The van der Waals surface area contributed by atoms with Crippen LogP contribution in [-0.2, 0) is 6.54 Å². The maximum Gasteiger partial charge on any atom is 0.253 e. The van der Waals surface area contributed by atoms with Crippen LogP contribution in [0.25, 0.3) is 0 Å². The van der Waals surface area contributed by atoms with E-state index in [9.17, 15) is 4.79 Å². The minimum atomic E-state index is 0.